The fourth-order valence-electron chi connectivity index (χ4n) is 3.41. The van der Waals surface area contributed by atoms with Gasteiger partial charge in [-0.15, -0.1) is 34.0 Å². The van der Waals surface area contributed by atoms with Gasteiger partial charge in [-0.1, -0.05) is 0 Å². The van der Waals surface area contributed by atoms with Crippen LogP contribution >= 0.6 is 34.0 Å². The molecule has 0 amide bonds. The van der Waals surface area contributed by atoms with Crippen molar-refractivity contribution in [1.29, 1.82) is 0 Å². The van der Waals surface area contributed by atoms with Crippen LogP contribution < -0.4 is 0 Å². The molecule has 1 N–H and O–H groups in total. The maximum atomic E-state index is 12.0. The minimum absolute atomic E-state index is 1.03. The lowest BCUT2D eigenvalue weighted by Gasteiger charge is -2.29. The monoisotopic (exact) mass is 362 g/mol. The first-order valence-corrected chi connectivity index (χ1v) is 10.1. The molecule has 0 bridgehead atoms. The molecular weight excluding hydrogens is 340 g/mol. The Morgan fingerprint density at radius 3 is 1.04 bits per heavy atom. The van der Waals surface area contributed by atoms with Gasteiger partial charge in [0.05, 0.1) is 0 Å². The van der Waals surface area contributed by atoms with E-state index in [-0.39, 0.29) is 0 Å². The summed E-state index contributed by atoms with van der Waals surface area (Å²) in [5.74, 6) is 0. The molecule has 0 aliphatic carbocycles. The first kappa shape index (κ1) is 16.9. The number of rotatable bonds is 3. The molecule has 3 heterocycles. The number of aryl methyl sites for hydroxylation is 6. The first-order valence-electron chi connectivity index (χ1n) is 7.68. The van der Waals surface area contributed by atoms with E-state index in [2.05, 4.69) is 59.7 Å². The van der Waals surface area contributed by atoms with Crippen molar-refractivity contribution in [2.45, 2.75) is 47.1 Å². The van der Waals surface area contributed by atoms with Gasteiger partial charge in [-0.3, -0.25) is 0 Å². The Bertz CT molecular complexity index is 751. The highest BCUT2D eigenvalue weighted by molar-refractivity contribution is 7.12. The lowest BCUT2D eigenvalue weighted by Crippen LogP contribution is -2.29. The van der Waals surface area contributed by atoms with Gasteiger partial charge in [-0.2, -0.15) is 0 Å². The van der Waals surface area contributed by atoms with Crippen molar-refractivity contribution in [1.82, 2.24) is 0 Å². The molecule has 23 heavy (non-hydrogen) atoms. The van der Waals surface area contributed by atoms with Crippen LogP contribution in [0.2, 0.25) is 0 Å². The highest BCUT2D eigenvalue weighted by Gasteiger charge is 2.40. The van der Waals surface area contributed by atoms with Crippen LogP contribution in [0.4, 0.5) is 0 Å². The number of hydrogen-bond donors (Lipinski definition) is 1. The van der Waals surface area contributed by atoms with E-state index in [0.717, 1.165) is 16.7 Å². The van der Waals surface area contributed by atoms with Gasteiger partial charge in [-0.05, 0) is 59.7 Å². The van der Waals surface area contributed by atoms with Crippen molar-refractivity contribution < 1.29 is 5.11 Å². The van der Waals surface area contributed by atoms with E-state index in [0.29, 0.717) is 0 Å². The zero-order chi connectivity index (χ0) is 16.9. The van der Waals surface area contributed by atoms with E-state index in [4.69, 9.17) is 0 Å². The van der Waals surface area contributed by atoms with Crippen molar-refractivity contribution in [2.75, 3.05) is 0 Å². The molecule has 3 aromatic rings. The Labute approximate surface area is 150 Å². The van der Waals surface area contributed by atoms with E-state index in [1.807, 2.05) is 0 Å². The molecule has 4 heteroatoms. The SMILES string of the molecule is Cc1cc(C(O)(c2cc(C)sc2C)c2cc(C)sc2C)c(C)s1. The van der Waals surface area contributed by atoms with Crippen LogP contribution in [0.1, 0.15) is 46.0 Å². The van der Waals surface area contributed by atoms with Crippen LogP contribution in [0.3, 0.4) is 0 Å². The van der Waals surface area contributed by atoms with E-state index >= 15 is 0 Å². The van der Waals surface area contributed by atoms with E-state index < -0.39 is 5.60 Å². The summed E-state index contributed by atoms with van der Waals surface area (Å²) in [6, 6.07) is 6.46. The highest BCUT2D eigenvalue weighted by Crippen LogP contribution is 2.46. The summed E-state index contributed by atoms with van der Waals surface area (Å²) in [6.07, 6.45) is 0. The summed E-state index contributed by atoms with van der Waals surface area (Å²) in [6.45, 7) is 12.7. The molecular formula is C19H22OS3. The van der Waals surface area contributed by atoms with Gasteiger partial charge in [0.15, 0.2) is 0 Å². The second-order valence-corrected chi connectivity index (χ2v) is 10.6. The summed E-state index contributed by atoms with van der Waals surface area (Å²) < 4.78 is 0. The largest absolute Gasteiger partial charge is 0.376 e. The fourth-order valence-corrected chi connectivity index (χ4v) is 6.33. The Morgan fingerprint density at radius 2 is 0.870 bits per heavy atom. The molecule has 0 fully saturated rings. The van der Waals surface area contributed by atoms with Crippen LogP contribution in [0.25, 0.3) is 0 Å². The number of thiophene rings is 3. The van der Waals surface area contributed by atoms with Crippen molar-refractivity contribution in [3.8, 4) is 0 Å². The molecule has 0 spiro atoms. The van der Waals surface area contributed by atoms with Gasteiger partial charge in [0.2, 0.25) is 0 Å². The van der Waals surface area contributed by atoms with Gasteiger partial charge < -0.3 is 5.11 Å². The normalized spacial score (nSPS) is 12.1. The third-order valence-corrected chi connectivity index (χ3v) is 7.19. The van der Waals surface area contributed by atoms with Crippen LogP contribution in [-0.2, 0) is 5.60 Å². The van der Waals surface area contributed by atoms with Gasteiger partial charge in [0.25, 0.3) is 0 Å². The maximum absolute atomic E-state index is 12.0. The van der Waals surface area contributed by atoms with Crippen molar-refractivity contribution in [3.05, 3.63) is 64.2 Å². The Morgan fingerprint density at radius 1 is 0.609 bits per heavy atom. The molecule has 0 saturated heterocycles. The number of hydrogen-bond acceptors (Lipinski definition) is 4. The Hall–Kier alpha value is -0.940. The highest BCUT2D eigenvalue weighted by atomic mass is 32.1. The third-order valence-electron chi connectivity index (χ3n) is 4.29. The Balaban J connectivity index is 2.36. The van der Waals surface area contributed by atoms with Crippen LogP contribution in [0.15, 0.2) is 18.2 Å². The minimum atomic E-state index is -1.06. The molecule has 0 unspecified atom stereocenters. The first-order chi connectivity index (χ1) is 10.7. The molecule has 0 atom stereocenters. The summed E-state index contributed by atoms with van der Waals surface area (Å²) in [7, 11) is 0. The molecule has 3 rings (SSSR count). The fraction of sp³-hybridized carbons (Fsp3) is 0.368. The third kappa shape index (κ3) is 2.72. The molecule has 0 radical (unpaired) electrons. The topological polar surface area (TPSA) is 20.2 Å². The van der Waals surface area contributed by atoms with E-state index in [9.17, 15) is 5.11 Å². The van der Waals surface area contributed by atoms with Gasteiger partial charge in [0, 0.05) is 46.0 Å². The van der Waals surface area contributed by atoms with Crippen LogP contribution in [0.5, 0.6) is 0 Å². The van der Waals surface area contributed by atoms with Crippen molar-refractivity contribution in [2.24, 2.45) is 0 Å². The van der Waals surface area contributed by atoms with Crippen LogP contribution in [-0.4, -0.2) is 5.11 Å². The van der Waals surface area contributed by atoms with Gasteiger partial charge in [-0.25, -0.2) is 0 Å². The predicted molar refractivity (Wildman–Crippen MR) is 103 cm³/mol. The smallest absolute Gasteiger partial charge is 0.143 e. The summed E-state index contributed by atoms with van der Waals surface area (Å²) >= 11 is 5.27. The van der Waals surface area contributed by atoms with Crippen LogP contribution in [0, 0.1) is 41.5 Å². The molecule has 0 aliphatic heterocycles. The molecule has 1 nitrogen and oxygen atoms in total. The van der Waals surface area contributed by atoms with Gasteiger partial charge >= 0.3 is 0 Å². The standard InChI is InChI=1S/C19H22OS3/c1-10-7-16(13(4)21-10)19(20,17-8-11(2)22-14(17)5)18-9-12(3)23-15(18)6/h7-9,20H,1-6H3. The second kappa shape index (κ2) is 5.85. The van der Waals surface area contributed by atoms with Crippen molar-refractivity contribution >= 4 is 34.0 Å². The maximum Gasteiger partial charge on any atom is 0.143 e. The quantitative estimate of drug-likeness (QED) is 0.605. The summed E-state index contributed by atoms with van der Waals surface area (Å²) in [5.41, 5.74) is 2.03. The molecule has 3 aromatic heterocycles. The number of aliphatic hydroxyl groups is 1. The van der Waals surface area contributed by atoms with Gasteiger partial charge in [0.1, 0.15) is 5.60 Å². The lowest BCUT2D eigenvalue weighted by molar-refractivity contribution is 0.125. The molecule has 0 aliphatic rings. The van der Waals surface area contributed by atoms with E-state index in [1.54, 1.807) is 34.0 Å². The van der Waals surface area contributed by atoms with E-state index in [1.165, 1.54) is 29.3 Å². The lowest BCUT2D eigenvalue weighted by atomic mass is 9.80. The predicted octanol–water partition coefficient (Wildman–Crippen LogP) is 6.01. The zero-order valence-electron chi connectivity index (χ0n) is 14.4. The average molecular weight is 363 g/mol. The summed E-state index contributed by atoms with van der Waals surface area (Å²) in [5, 5.41) is 12.0. The molecule has 0 aromatic carbocycles. The second-order valence-electron chi connectivity index (χ2n) is 6.19. The summed E-state index contributed by atoms with van der Waals surface area (Å²) in [4.78, 5) is 7.30. The molecule has 0 saturated carbocycles. The Kier molecular flexibility index (Phi) is 4.30. The average Bonchev–Trinajstić information content (AvgIpc) is 3.07. The molecule has 122 valence electrons. The van der Waals surface area contributed by atoms with Crippen molar-refractivity contribution in [3.63, 3.8) is 0 Å². The minimum Gasteiger partial charge on any atom is -0.376 e. The zero-order valence-corrected chi connectivity index (χ0v) is 16.9.